The zero-order chi connectivity index (χ0) is 40.1. The fourth-order valence-electron chi connectivity index (χ4n) is 8.63. The quantitative estimate of drug-likeness (QED) is 0.137. The van der Waals surface area contributed by atoms with Gasteiger partial charge in [0.25, 0.3) is 0 Å². The number of hydrogen-bond acceptors (Lipinski definition) is 0. The maximum absolute atomic E-state index is 4.22. The maximum Gasteiger partial charge on any atom is -0.0000476 e. The second-order valence-electron chi connectivity index (χ2n) is 14.9. The van der Waals surface area contributed by atoms with Crippen LogP contribution < -0.4 is 0 Å². The van der Waals surface area contributed by atoms with Gasteiger partial charge in [-0.15, -0.1) is 0 Å². The molecule has 0 fully saturated rings. The normalized spacial score (nSPS) is 11.0. The molecule has 10 aromatic carbocycles. The largest absolute Gasteiger partial charge is 0.0622 e. The van der Waals surface area contributed by atoms with Crippen molar-refractivity contribution in [1.29, 1.82) is 0 Å². The summed E-state index contributed by atoms with van der Waals surface area (Å²) in [7, 11) is 0. The van der Waals surface area contributed by atoms with Crippen molar-refractivity contribution in [3.05, 3.63) is 255 Å². The molecule has 280 valence electrons. The van der Waals surface area contributed by atoms with E-state index in [1.54, 1.807) is 0 Å². The predicted octanol–water partition coefficient (Wildman–Crippen LogP) is 16.3. The lowest BCUT2D eigenvalue weighted by Gasteiger charge is -2.28. The highest BCUT2D eigenvalue weighted by Gasteiger charge is 2.29. The second-order valence-corrected chi connectivity index (χ2v) is 14.9. The highest BCUT2D eigenvalue weighted by molar-refractivity contribution is 6.13. The SMILES string of the molecule is [c]1c(-c2ccccc2)c(-c2ccccc2)c(-c2ccccc2)c(-c2ccccc2)c1-c1[c]c(-c2ccccc2)c(-c2ccccc2)c(-c2ccccc2)c1-c1ccccc1. The Bertz CT molecular complexity index is 2780. The van der Waals surface area contributed by atoms with Gasteiger partial charge in [0.1, 0.15) is 0 Å². The van der Waals surface area contributed by atoms with E-state index >= 15 is 0 Å². The zero-order valence-electron chi connectivity index (χ0n) is 33.1. The maximum atomic E-state index is 4.22. The van der Waals surface area contributed by atoms with Crippen molar-refractivity contribution in [3.63, 3.8) is 0 Å². The molecular weight excluding hydrogens is 721 g/mol. The highest BCUT2D eigenvalue weighted by Crippen LogP contribution is 2.55. The first-order valence-corrected chi connectivity index (χ1v) is 20.5. The molecule has 0 atom stereocenters. The van der Waals surface area contributed by atoms with Gasteiger partial charge in [-0.3, -0.25) is 0 Å². The molecule has 60 heavy (non-hydrogen) atoms. The van der Waals surface area contributed by atoms with Gasteiger partial charge in [0.2, 0.25) is 0 Å². The molecule has 0 spiro atoms. The molecule has 10 aromatic rings. The van der Waals surface area contributed by atoms with Crippen molar-refractivity contribution in [1.82, 2.24) is 0 Å². The van der Waals surface area contributed by atoms with E-state index < -0.39 is 0 Å². The summed E-state index contributed by atoms with van der Waals surface area (Å²) in [5.41, 5.74) is 19.8. The molecule has 0 amide bonds. The molecule has 0 aromatic heterocycles. The zero-order valence-corrected chi connectivity index (χ0v) is 33.1. The molecule has 0 aliphatic rings. The lowest BCUT2D eigenvalue weighted by molar-refractivity contribution is 1.50. The third kappa shape index (κ3) is 6.95. The van der Waals surface area contributed by atoms with Gasteiger partial charge in [0, 0.05) is 0 Å². The smallest absolute Gasteiger partial charge is 0.0000476 e. The summed E-state index contributed by atoms with van der Waals surface area (Å²) in [5.74, 6) is 0. The van der Waals surface area contributed by atoms with Crippen LogP contribution in [0.5, 0.6) is 0 Å². The van der Waals surface area contributed by atoms with Crippen LogP contribution in [0.3, 0.4) is 0 Å². The van der Waals surface area contributed by atoms with Crippen LogP contribution in [-0.2, 0) is 0 Å². The van der Waals surface area contributed by atoms with Crippen LogP contribution in [0.15, 0.2) is 243 Å². The minimum atomic E-state index is 0.992. The van der Waals surface area contributed by atoms with Crippen molar-refractivity contribution in [2.75, 3.05) is 0 Å². The molecule has 0 nitrogen and oxygen atoms in total. The Morgan fingerprint density at radius 2 is 0.317 bits per heavy atom. The monoisotopic (exact) mass is 760 g/mol. The van der Waals surface area contributed by atoms with E-state index in [1.165, 1.54) is 0 Å². The predicted molar refractivity (Wildman–Crippen MR) is 253 cm³/mol. The van der Waals surface area contributed by atoms with Crippen LogP contribution in [0.2, 0.25) is 0 Å². The lowest BCUT2D eigenvalue weighted by Crippen LogP contribution is -2.02. The Labute approximate surface area is 353 Å². The Morgan fingerprint density at radius 1 is 0.150 bits per heavy atom. The Morgan fingerprint density at radius 3 is 0.533 bits per heavy atom. The molecule has 0 heteroatoms. The summed E-state index contributed by atoms with van der Waals surface area (Å²) in [5, 5.41) is 0. The third-order valence-corrected chi connectivity index (χ3v) is 11.2. The van der Waals surface area contributed by atoms with Gasteiger partial charge in [0.05, 0.1) is 0 Å². The summed E-state index contributed by atoms with van der Waals surface area (Å²) in [4.78, 5) is 0. The van der Waals surface area contributed by atoms with E-state index in [-0.39, 0.29) is 0 Å². The van der Waals surface area contributed by atoms with Crippen molar-refractivity contribution < 1.29 is 0 Å². The van der Waals surface area contributed by atoms with E-state index in [2.05, 4.69) is 255 Å². The summed E-state index contributed by atoms with van der Waals surface area (Å²) in [6, 6.07) is 95.2. The highest BCUT2D eigenvalue weighted by atomic mass is 14.3. The Kier molecular flexibility index (Phi) is 10.1. The van der Waals surface area contributed by atoms with E-state index in [0.29, 0.717) is 0 Å². The van der Waals surface area contributed by atoms with E-state index in [9.17, 15) is 0 Å². The molecule has 0 aliphatic carbocycles. The third-order valence-electron chi connectivity index (χ3n) is 11.2. The van der Waals surface area contributed by atoms with Crippen LogP contribution in [0.25, 0.3) is 100 Å². The summed E-state index contributed by atoms with van der Waals surface area (Å²) in [6.07, 6.45) is 0. The Balaban J connectivity index is 1.48. The van der Waals surface area contributed by atoms with E-state index in [0.717, 1.165) is 100 Å². The minimum absolute atomic E-state index is 0.992. The first kappa shape index (κ1) is 36.5. The van der Waals surface area contributed by atoms with Crippen molar-refractivity contribution >= 4 is 0 Å². The topological polar surface area (TPSA) is 0 Å². The molecular formula is C60H40. The fourth-order valence-corrected chi connectivity index (χ4v) is 8.63. The van der Waals surface area contributed by atoms with Gasteiger partial charge >= 0.3 is 0 Å². The van der Waals surface area contributed by atoms with Gasteiger partial charge in [-0.05, 0) is 112 Å². The molecule has 0 bridgehead atoms. The number of rotatable bonds is 9. The average Bonchev–Trinajstić information content (AvgIpc) is 3.35. The van der Waals surface area contributed by atoms with Crippen LogP contribution in [0.1, 0.15) is 0 Å². The summed E-state index contributed by atoms with van der Waals surface area (Å²) < 4.78 is 0. The molecule has 0 unspecified atom stereocenters. The summed E-state index contributed by atoms with van der Waals surface area (Å²) in [6.45, 7) is 0. The standard InChI is InChI=1S/C60H40/c1-9-25-43(26-10-1)51-41-53(57(47-33-17-5-18-34-47)59(49-37-21-7-22-38-49)55(51)45-29-13-3-14-30-45)54-42-52(44-27-11-2-12-28-44)56(46-31-15-4-16-32-46)60(50-39-23-8-24-40-50)58(54)48-35-19-6-20-36-48/h1-40H. The molecule has 10 rings (SSSR count). The van der Waals surface area contributed by atoms with E-state index in [4.69, 9.17) is 0 Å². The summed E-state index contributed by atoms with van der Waals surface area (Å²) >= 11 is 0. The van der Waals surface area contributed by atoms with Gasteiger partial charge < -0.3 is 0 Å². The molecule has 0 heterocycles. The fraction of sp³-hybridized carbons (Fsp3) is 0. The van der Waals surface area contributed by atoms with Crippen molar-refractivity contribution in [2.24, 2.45) is 0 Å². The van der Waals surface area contributed by atoms with Crippen LogP contribution in [-0.4, -0.2) is 0 Å². The minimum Gasteiger partial charge on any atom is -0.0622 e. The lowest BCUT2D eigenvalue weighted by atomic mass is 9.74. The number of benzene rings is 10. The van der Waals surface area contributed by atoms with E-state index in [1.807, 2.05) is 0 Å². The second kappa shape index (κ2) is 16.6. The van der Waals surface area contributed by atoms with Crippen LogP contribution >= 0.6 is 0 Å². The van der Waals surface area contributed by atoms with Crippen molar-refractivity contribution in [2.45, 2.75) is 0 Å². The number of hydrogen-bond donors (Lipinski definition) is 0. The van der Waals surface area contributed by atoms with Crippen LogP contribution in [0, 0.1) is 12.1 Å². The van der Waals surface area contributed by atoms with Crippen LogP contribution in [0.4, 0.5) is 0 Å². The average molecular weight is 761 g/mol. The molecule has 0 N–H and O–H groups in total. The van der Waals surface area contributed by atoms with Gasteiger partial charge in [-0.2, -0.15) is 0 Å². The van der Waals surface area contributed by atoms with Gasteiger partial charge in [0.15, 0.2) is 0 Å². The first-order valence-electron chi connectivity index (χ1n) is 20.5. The van der Waals surface area contributed by atoms with Gasteiger partial charge in [-0.25, -0.2) is 0 Å². The molecule has 0 aliphatic heterocycles. The molecule has 2 radical (unpaired) electrons. The van der Waals surface area contributed by atoms with Gasteiger partial charge in [-0.1, -0.05) is 243 Å². The first-order chi connectivity index (χ1) is 29.8. The van der Waals surface area contributed by atoms with Crippen molar-refractivity contribution in [3.8, 4) is 100 Å². The molecule has 0 saturated heterocycles. The Hall–Kier alpha value is -7.80. The molecule has 0 saturated carbocycles.